The summed E-state index contributed by atoms with van der Waals surface area (Å²) in [5.41, 5.74) is -2.08. The van der Waals surface area contributed by atoms with E-state index in [1.54, 1.807) is 0 Å². The fraction of sp³-hybridized carbons (Fsp3) is 0.600. The number of phosphoric acid groups is 3. The molecule has 0 aliphatic carbocycles. The molecule has 2 aliphatic heterocycles. The number of carbonyl (C=O) groups excluding carboxylic acids is 2. The highest BCUT2D eigenvalue weighted by Gasteiger charge is 2.43. The van der Waals surface area contributed by atoms with Gasteiger partial charge in [-0.3, -0.25) is 33.0 Å². The number of aliphatic hydroxyl groups is 1. The second-order valence-corrected chi connectivity index (χ2v) is 15.3. The Morgan fingerprint density at radius 1 is 1.06 bits per heavy atom. The fourth-order valence-electron chi connectivity index (χ4n) is 4.35. The quantitative estimate of drug-likeness (QED) is 0.0390. The lowest BCUT2D eigenvalue weighted by Crippen LogP contribution is -2.42. The molecule has 47 heavy (non-hydrogen) atoms. The van der Waals surface area contributed by atoms with E-state index in [9.17, 15) is 52.0 Å². The lowest BCUT2D eigenvalue weighted by Gasteiger charge is -2.28. The normalized spacial score (nSPS) is 24.4. The third-order valence-corrected chi connectivity index (χ3v) is 11.1. The van der Waals surface area contributed by atoms with Crippen LogP contribution in [0.15, 0.2) is 21.9 Å². The van der Waals surface area contributed by atoms with Crippen molar-refractivity contribution >= 4 is 52.6 Å². The zero-order valence-electron chi connectivity index (χ0n) is 23.9. The molecule has 0 bridgehead atoms. The Morgan fingerprint density at radius 2 is 1.70 bits per heavy atom. The van der Waals surface area contributed by atoms with Crippen molar-refractivity contribution in [2.75, 3.05) is 32.8 Å². The van der Waals surface area contributed by atoms with E-state index in [2.05, 4.69) is 23.8 Å². The van der Waals surface area contributed by atoms with Crippen molar-refractivity contribution < 1.29 is 74.6 Å². The molecule has 6 atom stereocenters. The molecular formula is C20H32N5O18P3S. The molecule has 3 rings (SSSR count). The van der Waals surface area contributed by atoms with Crippen LogP contribution >= 0.6 is 23.5 Å². The first-order valence-electron chi connectivity index (χ1n) is 13.3. The van der Waals surface area contributed by atoms with Crippen LogP contribution in [0.2, 0.25) is 0 Å². The summed E-state index contributed by atoms with van der Waals surface area (Å²) in [4.78, 5) is 87.2. The third kappa shape index (κ3) is 12.6. The van der Waals surface area contributed by atoms with Gasteiger partial charge < -0.3 is 40.1 Å². The van der Waals surface area contributed by atoms with E-state index in [-0.39, 0.29) is 36.9 Å². The standard InChI is InChI=1S/C20H32N5O18P3S/c26-14-9-17(41-15(14)11-40-45(34,35)43-46(36,37)42-44(31,32)33)25-10-13(19(29)23-20(25)30)1-2-16(27)21-5-6-22-18(28)12-3-7-24(8-4-12)47(38)39/h1-2,10,12,14-15,17,26H,3-9,11H2,(H,21,27)(H,22,28)(H,34,35)(H,36,37)(H,38,39)(H,23,29,30)(H2,31,32,33)/b2-1+/t14?,15-,17-/m1/s1. The van der Waals surface area contributed by atoms with Crippen LogP contribution in [0.25, 0.3) is 6.08 Å². The van der Waals surface area contributed by atoms with Crippen molar-refractivity contribution in [3.8, 4) is 0 Å². The summed E-state index contributed by atoms with van der Waals surface area (Å²) in [7, 11) is -16.9. The SMILES string of the molecule is O=C(/C=C/c1cn([C@H]2CC(O)[C@@H](COP(=O)(O)OP(=O)(O)OP(=O)(O)O)O2)c(=O)[nH]c1=O)NCCNC(=O)C1CCN(S(=O)O)CC1. The van der Waals surface area contributed by atoms with Gasteiger partial charge in [0.15, 0.2) is 0 Å². The van der Waals surface area contributed by atoms with Gasteiger partial charge in [0.05, 0.1) is 18.3 Å². The van der Waals surface area contributed by atoms with Crippen LogP contribution in [-0.2, 0) is 52.4 Å². The van der Waals surface area contributed by atoms with E-state index >= 15 is 0 Å². The molecule has 2 saturated heterocycles. The number of aliphatic hydroxyl groups excluding tert-OH is 1. The lowest BCUT2D eigenvalue weighted by molar-refractivity contribution is -0.126. The van der Waals surface area contributed by atoms with Crippen molar-refractivity contribution in [3.05, 3.63) is 38.7 Å². The maximum Gasteiger partial charge on any atom is 0.490 e. The second-order valence-electron chi connectivity index (χ2n) is 9.92. The summed E-state index contributed by atoms with van der Waals surface area (Å²) in [6.07, 6.45) is -0.678. The molecule has 2 aliphatic rings. The fourth-order valence-corrected chi connectivity index (χ4v) is 7.91. The monoisotopic (exact) mass is 755 g/mol. The molecule has 27 heteroatoms. The van der Waals surface area contributed by atoms with Crippen molar-refractivity contribution in [1.29, 1.82) is 0 Å². The molecule has 0 spiro atoms. The first-order valence-corrected chi connectivity index (χ1v) is 18.9. The number of piperidine rings is 1. The predicted octanol–water partition coefficient (Wildman–Crippen LogP) is -2.38. The number of ether oxygens (including phenoxy) is 1. The van der Waals surface area contributed by atoms with E-state index in [1.807, 2.05) is 4.98 Å². The van der Waals surface area contributed by atoms with Crippen molar-refractivity contribution in [2.24, 2.45) is 5.92 Å². The van der Waals surface area contributed by atoms with Gasteiger partial charge in [-0.1, -0.05) is 0 Å². The van der Waals surface area contributed by atoms with Gasteiger partial charge in [-0.2, -0.15) is 8.62 Å². The summed E-state index contributed by atoms with van der Waals surface area (Å²) in [6, 6.07) is 0. The van der Waals surface area contributed by atoms with Crippen molar-refractivity contribution in [3.63, 3.8) is 0 Å². The van der Waals surface area contributed by atoms with Gasteiger partial charge in [-0.25, -0.2) is 27.0 Å². The largest absolute Gasteiger partial charge is 0.490 e. The number of amides is 2. The molecule has 3 heterocycles. The molecule has 9 N–H and O–H groups in total. The molecule has 0 aromatic carbocycles. The zero-order chi connectivity index (χ0) is 35.2. The first kappa shape index (κ1) is 39.2. The van der Waals surface area contributed by atoms with Crippen LogP contribution in [0.5, 0.6) is 0 Å². The van der Waals surface area contributed by atoms with Gasteiger partial charge in [0.2, 0.25) is 23.1 Å². The first-order chi connectivity index (χ1) is 21.7. The highest BCUT2D eigenvalue weighted by Crippen LogP contribution is 2.66. The smallest absolute Gasteiger partial charge is 0.390 e. The Balaban J connectivity index is 1.51. The Kier molecular flexibility index (Phi) is 13.7. The number of nitrogens with zero attached hydrogens (tertiary/aromatic N) is 2. The molecular weight excluding hydrogens is 723 g/mol. The van der Waals surface area contributed by atoms with E-state index < -0.39 is 76.9 Å². The van der Waals surface area contributed by atoms with Gasteiger partial charge >= 0.3 is 29.2 Å². The summed E-state index contributed by atoms with van der Waals surface area (Å²) in [6.45, 7) is -0.296. The average Bonchev–Trinajstić information content (AvgIpc) is 3.31. The minimum absolute atomic E-state index is 0.0277. The summed E-state index contributed by atoms with van der Waals surface area (Å²) >= 11 is -2.09. The number of aromatic nitrogens is 2. The van der Waals surface area contributed by atoms with Gasteiger partial charge in [-0.15, -0.1) is 0 Å². The van der Waals surface area contributed by atoms with Gasteiger partial charge in [0.1, 0.15) is 12.3 Å². The molecule has 2 amide bonds. The number of phosphoric ester groups is 1. The molecule has 0 saturated carbocycles. The highest BCUT2D eigenvalue weighted by molar-refractivity contribution is 7.76. The number of H-pyrrole nitrogens is 1. The number of hydrogen-bond acceptors (Lipinski definition) is 13. The Hall–Kier alpha value is -2.24. The van der Waals surface area contributed by atoms with Crippen LogP contribution in [0.3, 0.4) is 0 Å². The van der Waals surface area contributed by atoms with Gasteiger partial charge in [0.25, 0.3) is 5.56 Å². The van der Waals surface area contributed by atoms with E-state index in [1.165, 1.54) is 4.31 Å². The van der Waals surface area contributed by atoms with Gasteiger partial charge in [-0.05, 0) is 18.9 Å². The Labute approximate surface area is 266 Å². The average molecular weight is 755 g/mol. The molecule has 23 nitrogen and oxygen atoms in total. The predicted molar refractivity (Wildman–Crippen MR) is 156 cm³/mol. The maximum absolute atomic E-state index is 12.4. The van der Waals surface area contributed by atoms with Crippen LogP contribution in [0.4, 0.5) is 0 Å². The summed E-state index contributed by atoms with van der Waals surface area (Å²) in [5.74, 6) is -1.26. The lowest BCUT2D eigenvalue weighted by atomic mass is 9.97. The molecule has 0 radical (unpaired) electrons. The second kappa shape index (κ2) is 16.4. The molecule has 266 valence electrons. The van der Waals surface area contributed by atoms with Crippen LogP contribution in [0.1, 0.15) is 31.1 Å². The Bertz CT molecular complexity index is 1620. The number of rotatable bonds is 15. The molecule has 1 aromatic rings. The number of aromatic amines is 1. The maximum atomic E-state index is 12.4. The number of nitrogens with one attached hydrogen (secondary N) is 3. The molecule has 2 fully saturated rings. The topological polar surface area (TPSA) is 343 Å². The minimum atomic E-state index is -5.78. The van der Waals surface area contributed by atoms with E-state index in [0.29, 0.717) is 25.9 Å². The minimum Gasteiger partial charge on any atom is -0.390 e. The van der Waals surface area contributed by atoms with E-state index in [4.69, 9.17) is 19.1 Å². The molecule has 4 unspecified atom stereocenters. The highest BCUT2D eigenvalue weighted by atomic mass is 32.2. The van der Waals surface area contributed by atoms with Gasteiger partial charge in [0, 0.05) is 50.8 Å². The summed E-state index contributed by atoms with van der Waals surface area (Å²) < 4.78 is 73.5. The van der Waals surface area contributed by atoms with Crippen LogP contribution in [0, 0.1) is 5.92 Å². The van der Waals surface area contributed by atoms with Crippen molar-refractivity contribution in [2.45, 2.75) is 37.7 Å². The third-order valence-electron chi connectivity index (χ3n) is 6.51. The molecule has 1 aromatic heterocycles. The summed E-state index contributed by atoms with van der Waals surface area (Å²) in [5, 5.41) is 15.4. The number of hydrogen-bond donors (Lipinski definition) is 9. The zero-order valence-corrected chi connectivity index (χ0v) is 27.4. The van der Waals surface area contributed by atoms with Crippen LogP contribution in [-0.4, -0.2) is 104 Å². The number of carbonyl (C=O) groups is 2. The van der Waals surface area contributed by atoms with Crippen LogP contribution < -0.4 is 21.9 Å². The Morgan fingerprint density at radius 3 is 2.32 bits per heavy atom. The van der Waals surface area contributed by atoms with Crippen molar-refractivity contribution in [1.82, 2.24) is 24.5 Å². The van der Waals surface area contributed by atoms with E-state index in [0.717, 1.165) is 22.9 Å².